The molecule has 0 aromatic carbocycles. The van der Waals surface area contributed by atoms with Gasteiger partial charge in [-0.3, -0.25) is 5.73 Å². The standard InChI is InChI=1S/C3H6N4/c1-7-3(4)5-2-6-7/h2H,1H3,(H2,4,5,6)/p+1. The van der Waals surface area contributed by atoms with E-state index < -0.39 is 0 Å². The van der Waals surface area contributed by atoms with Crippen LogP contribution in [-0.4, -0.2) is 10.1 Å². The van der Waals surface area contributed by atoms with Crippen molar-refractivity contribution in [3.05, 3.63) is 6.33 Å². The molecule has 3 N–H and O–H groups in total. The van der Waals surface area contributed by atoms with Gasteiger partial charge in [0.2, 0.25) is 0 Å². The van der Waals surface area contributed by atoms with Crippen LogP contribution in [0.25, 0.3) is 0 Å². The van der Waals surface area contributed by atoms with Gasteiger partial charge in [0.05, 0.1) is 7.05 Å². The number of hydrogen-bond acceptors (Lipinski definition) is 2. The second-order valence-corrected chi connectivity index (χ2v) is 1.30. The maximum absolute atomic E-state index is 5.26. The van der Waals surface area contributed by atoms with Gasteiger partial charge in [-0.2, -0.15) is 4.68 Å². The maximum atomic E-state index is 5.26. The SMILES string of the molecule is C[n+]1[nH]cnc1N. The zero-order valence-corrected chi connectivity index (χ0v) is 4.05. The number of nitrogens with zero attached hydrogens (tertiary/aromatic N) is 2. The van der Waals surface area contributed by atoms with Crippen LogP contribution in [0, 0.1) is 0 Å². The Bertz CT molecular complexity index is 139. The number of H-pyrrole nitrogens is 1. The zero-order chi connectivity index (χ0) is 5.28. The summed E-state index contributed by atoms with van der Waals surface area (Å²) in [5.74, 6) is 0.500. The minimum Gasteiger partial charge on any atom is -0.286 e. The lowest BCUT2D eigenvalue weighted by Gasteiger charge is -1.76. The quantitative estimate of drug-likeness (QED) is 0.402. The zero-order valence-electron chi connectivity index (χ0n) is 4.05. The Morgan fingerprint density at radius 1 is 2.00 bits per heavy atom. The molecule has 1 heterocycles. The van der Waals surface area contributed by atoms with Crippen LogP contribution in [0.2, 0.25) is 0 Å². The molecule has 1 rings (SSSR count). The van der Waals surface area contributed by atoms with E-state index >= 15 is 0 Å². The highest BCUT2D eigenvalue weighted by molar-refractivity contribution is 4.99. The van der Waals surface area contributed by atoms with Crippen molar-refractivity contribution in [3.63, 3.8) is 0 Å². The molecule has 1 aromatic heterocycles. The number of nitrogen functional groups attached to an aromatic ring is 1. The number of nitrogens with two attached hydrogens (primary N) is 1. The highest BCUT2D eigenvalue weighted by atomic mass is 15.3. The van der Waals surface area contributed by atoms with Crippen molar-refractivity contribution in [3.8, 4) is 0 Å². The molecule has 0 bridgehead atoms. The first-order valence-corrected chi connectivity index (χ1v) is 1.95. The summed E-state index contributed by atoms with van der Waals surface area (Å²) >= 11 is 0. The Balaban J connectivity index is 3.12. The number of nitrogens with one attached hydrogen (secondary N) is 1. The Hall–Kier alpha value is -1.06. The van der Waals surface area contributed by atoms with Crippen LogP contribution in [-0.2, 0) is 7.05 Å². The van der Waals surface area contributed by atoms with Crippen LogP contribution < -0.4 is 10.4 Å². The van der Waals surface area contributed by atoms with E-state index in [1.807, 2.05) is 0 Å². The van der Waals surface area contributed by atoms with Gasteiger partial charge in [0.1, 0.15) is 0 Å². The predicted octanol–water partition coefficient (Wildman–Crippen LogP) is -1.18. The summed E-state index contributed by atoms with van der Waals surface area (Å²) < 4.78 is 1.62. The number of anilines is 1. The van der Waals surface area contributed by atoms with Crippen LogP contribution in [0.15, 0.2) is 6.33 Å². The van der Waals surface area contributed by atoms with Gasteiger partial charge in [-0.15, -0.1) is 0 Å². The van der Waals surface area contributed by atoms with Gasteiger partial charge < -0.3 is 0 Å². The van der Waals surface area contributed by atoms with E-state index in [1.54, 1.807) is 11.7 Å². The lowest BCUT2D eigenvalue weighted by atomic mass is 11.0. The minimum atomic E-state index is 0.500. The molecular weight excluding hydrogens is 92.1 g/mol. The van der Waals surface area contributed by atoms with Crippen molar-refractivity contribution in [2.45, 2.75) is 0 Å². The van der Waals surface area contributed by atoms with Gasteiger partial charge in [0, 0.05) is 0 Å². The maximum Gasteiger partial charge on any atom is 0.408 e. The molecule has 0 spiro atoms. The van der Waals surface area contributed by atoms with Crippen LogP contribution in [0.1, 0.15) is 0 Å². The summed E-state index contributed by atoms with van der Waals surface area (Å²) in [6, 6.07) is 0. The second kappa shape index (κ2) is 1.22. The molecule has 0 radical (unpaired) electrons. The van der Waals surface area contributed by atoms with E-state index in [4.69, 9.17) is 5.73 Å². The summed E-state index contributed by atoms with van der Waals surface area (Å²) in [6.45, 7) is 0. The first-order valence-electron chi connectivity index (χ1n) is 1.95. The van der Waals surface area contributed by atoms with Gasteiger partial charge in [0.25, 0.3) is 0 Å². The molecule has 0 fully saturated rings. The third kappa shape index (κ3) is 0.534. The number of aromatic nitrogens is 3. The van der Waals surface area contributed by atoms with Gasteiger partial charge in [0.15, 0.2) is 6.33 Å². The Labute approximate surface area is 41.0 Å². The first-order chi connectivity index (χ1) is 3.30. The lowest BCUT2D eigenvalue weighted by molar-refractivity contribution is -0.714. The Kier molecular flexibility index (Phi) is 0.714. The van der Waals surface area contributed by atoms with Crippen molar-refractivity contribution in [2.24, 2.45) is 7.05 Å². The van der Waals surface area contributed by atoms with E-state index in [9.17, 15) is 0 Å². The number of aryl methyl sites for hydroxylation is 1. The Morgan fingerprint density at radius 3 is 2.86 bits per heavy atom. The van der Waals surface area contributed by atoms with Gasteiger partial charge >= 0.3 is 5.95 Å². The highest BCUT2D eigenvalue weighted by Crippen LogP contribution is 1.73. The number of hydrogen-bond donors (Lipinski definition) is 2. The highest BCUT2D eigenvalue weighted by Gasteiger charge is 1.96. The molecule has 0 aliphatic carbocycles. The molecular formula is C3H7N4+. The summed E-state index contributed by atoms with van der Waals surface area (Å²) in [6.07, 6.45) is 1.54. The fourth-order valence-corrected chi connectivity index (χ4v) is 0.334. The molecule has 0 aliphatic heterocycles. The second-order valence-electron chi connectivity index (χ2n) is 1.30. The van der Waals surface area contributed by atoms with E-state index in [1.165, 1.54) is 6.33 Å². The van der Waals surface area contributed by atoms with Crippen LogP contribution in [0.4, 0.5) is 5.95 Å². The molecule has 7 heavy (non-hydrogen) atoms. The molecule has 4 nitrogen and oxygen atoms in total. The summed E-state index contributed by atoms with van der Waals surface area (Å²) in [7, 11) is 1.79. The molecule has 0 aliphatic rings. The van der Waals surface area contributed by atoms with E-state index in [0.717, 1.165) is 0 Å². The van der Waals surface area contributed by atoms with Crippen LogP contribution >= 0.6 is 0 Å². The fourth-order valence-electron chi connectivity index (χ4n) is 0.334. The fraction of sp³-hybridized carbons (Fsp3) is 0.333. The smallest absolute Gasteiger partial charge is 0.286 e. The summed E-state index contributed by atoms with van der Waals surface area (Å²) in [4.78, 5) is 3.70. The lowest BCUT2D eigenvalue weighted by Crippen LogP contribution is -2.32. The average Bonchev–Trinajstić information content (AvgIpc) is 1.91. The van der Waals surface area contributed by atoms with Crippen molar-refractivity contribution < 1.29 is 4.68 Å². The Morgan fingerprint density at radius 2 is 2.71 bits per heavy atom. The largest absolute Gasteiger partial charge is 0.408 e. The van der Waals surface area contributed by atoms with Crippen molar-refractivity contribution in [1.29, 1.82) is 0 Å². The van der Waals surface area contributed by atoms with Crippen molar-refractivity contribution in [2.75, 3.05) is 5.73 Å². The molecule has 4 heteroatoms. The van der Waals surface area contributed by atoms with Gasteiger partial charge in [-0.1, -0.05) is 4.98 Å². The van der Waals surface area contributed by atoms with E-state index in [0.29, 0.717) is 5.95 Å². The number of aromatic amines is 1. The van der Waals surface area contributed by atoms with Crippen molar-refractivity contribution in [1.82, 2.24) is 10.1 Å². The minimum absolute atomic E-state index is 0.500. The first kappa shape index (κ1) is 4.11. The van der Waals surface area contributed by atoms with Crippen LogP contribution in [0.3, 0.4) is 0 Å². The monoisotopic (exact) mass is 99.1 g/mol. The van der Waals surface area contributed by atoms with Gasteiger partial charge in [-0.05, 0) is 0 Å². The summed E-state index contributed by atoms with van der Waals surface area (Å²) in [5.41, 5.74) is 5.26. The molecule has 1 aromatic rings. The van der Waals surface area contributed by atoms with Crippen molar-refractivity contribution >= 4 is 5.95 Å². The molecule has 0 unspecified atom stereocenters. The molecule has 0 saturated carbocycles. The molecule has 0 atom stereocenters. The molecule has 0 amide bonds. The average molecular weight is 99.1 g/mol. The van der Waals surface area contributed by atoms with Gasteiger partial charge in [-0.25, -0.2) is 5.10 Å². The predicted molar refractivity (Wildman–Crippen MR) is 24.2 cm³/mol. The topological polar surface area (TPSA) is 58.6 Å². The number of rotatable bonds is 0. The molecule has 0 saturated heterocycles. The summed E-state index contributed by atoms with van der Waals surface area (Å²) in [5, 5.41) is 2.75. The van der Waals surface area contributed by atoms with Crippen LogP contribution in [0.5, 0.6) is 0 Å². The van der Waals surface area contributed by atoms with E-state index in [2.05, 4.69) is 10.1 Å². The molecule has 38 valence electrons. The van der Waals surface area contributed by atoms with E-state index in [-0.39, 0.29) is 0 Å². The normalized spacial score (nSPS) is 9.29. The third-order valence-electron chi connectivity index (χ3n) is 0.792. The third-order valence-corrected chi connectivity index (χ3v) is 0.792.